The predicted octanol–water partition coefficient (Wildman–Crippen LogP) is 2.87. The first-order valence-corrected chi connectivity index (χ1v) is 10.6. The lowest BCUT2D eigenvalue weighted by Gasteiger charge is -2.15. The molecule has 3 aromatic rings. The minimum atomic E-state index is -0.685. The molecule has 168 valence electrons. The standard InChI is InChI=1S/C23H24F2N4O3/c1-12(2)11-29-20-19(22(31)28-23(29)32)17(10-18(27-20)14-3-4-14)21(30)26-6-5-13-7-15(24)9-16(25)8-13/h7-10,12,14H,3-6,11H2,1-2H3,(H,26,30)(H,28,31,32). The average molecular weight is 442 g/mol. The molecule has 0 saturated heterocycles. The fourth-order valence-corrected chi connectivity index (χ4v) is 3.77. The number of amides is 1. The number of carbonyl (C=O) groups excluding carboxylic acids is 1. The lowest BCUT2D eigenvalue weighted by molar-refractivity contribution is 0.0955. The van der Waals surface area contributed by atoms with Crippen molar-refractivity contribution in [2.24, 2.45) is 5.92 Å². The molecule has 2 aromatic heterocycles. The molecule has 4 rings (SSSR count). The van der Waals surface area contributed by atoms with Crippen LogP contribution in [0.4, 0.5) is 8.78 Å². The number of aromatic nitrogens is 3. The van der Waals surface area contributed by atoms with E-state index in [1.807, 2.05) is 13.8 Å². The number of nitrogens with zero attached hydrogens (tertiary/aromatic N) is 2. The SMILES string of the molecule is CC(C)Cn1c(=O)[nH]c(=O)c2c(C(=O)NCCc3cc(F)cc(F)c3)cc(C3CC3)nc21. The van der Waals surface area contributed by atoms with Gasteiger partial charge in [0.15, 0.2) is 5.65 Å². The quantitative estimate of drug-likeness (QED) is 0.588. The number of aromatic amines is 1. The predicted molar refractivity (Wildman–Crippen MR) is 116 cm³/mol. The molecule has 1 saturated carbocycles. The van der Waals surface area contributed by atoms with Crippen molar-refractivity contribution in [2.75, 3.05) is 6.54 Å². The van der Waals surface area contributed by atoms with Gasteiger partial charge in [0.25, 0.3) is 11.5 Å². The highest BCUT2D eigenvalue weighted by molar-refractivity contribution is 6.05. The minimum Gasteiger partial charge on any atom is -0.352 e. The molecule has 0 unspecified atom stereocenters. The number of halogens is 2. The first-order chi connectivity index (χ1) is 15.2. The molecule has 1 fully saturated rings. The van der Waals surface area contributed by atoms with E-state index in [0.717, 1.165) is 18.9 Å². The number of pyridine rings is 1. The molecule has 9 heteroatoms. The van der Waals surface area contributed by atoms with E-state index in [9.17, 15) is 23.2 Å². The maximum Gasteiger partial charge on any atom is 0.330 e. The Balaban J connectivity index is 1.69. The summed E-state index contributed by atoms with van der Waals surface area (Å²) in [5.74, 6) is -1.55. The maximum atomic E-state index is 13.4. The van der Waals surface area contributed by atoms with Gasteiger partial charge in [-0.1, -0.05) is 13.8 Å². The second kappa shape index (κ2) is 8.64. The number of nitrogens with one attached hydrogen (secondary N) is 2. The lowest BCUT2D eigenvalue weighted by Crippen LogP contribution is -2.34. The third-order valence-electron chi connectivity index (χ3n) is 5.38. The monoisotopic (exact) mass is 442 g/mol. The summed E-state index contributed by atoms with van der Waals surface area (Å²) in [5, 5.41) is 2.77. The third kappa shape index (κ3) is 4.61. The summed E-state index contributed by atoms with van der Waals surface area (Å²) in [6.45, 7) is 4.35. The van der Waals surface area contributed by atoms with Gasteiger partial charge in [-0.25, -0.2) is 18.6 Å². The molecule has 7 nitrogen and oxygen atoms in total. The highest BCUT2D eigenvalue weighted by atomic mass is 19.1. The summed E-state index contributed by atoms with van der Waals surface area (Å²) in [4.78, 5) is 45.0. The second-order valence-corrected chi connectivity index (χ2v) is 8.61. The number of fused-ring (bicyclic) bond motifs is 1. The summed E-state index contributed by atoms with van der Waals surface area (Å²) in [5.41, 5.74) is 0.200. The normalized spacial score (nSPS) is 13.7. The molecule has 1 aromatic carbocycles. The number of H-pyrrole nitrogens is 1. The molecule has 0 radical (unpaired) electrons. The Morgan fingerprint density at radius 3 is 2.50 bits per heavy atom. The zero-order valence-corrected chi connectivity index (χ0v) is 17.9. The molecule has 0 aliphatic heterocycles. The largest absolute Gasteiger partial charge is 0.352 e. The summed E-state index contributed by atoms with van der Waals surface area (Å²) in [6, 6.07) is 4.80. The van der Waals surface area contributed by atoms with Gasteiger partial charge >= 0.3 is 5.69 Å². The van der Waals surface area contributed by atoms with Crippen LogP contribution in [0.15, 0.2) is 33.9 Å². The van der Waals surface area contributed by atoms with E-state index in [1.54, 1.807) is 6.07 Å². The summed E-state index contributed by atoms with van der Waals surface area (Å²) < 4.78 is 28.2. The van der Waals surface area contributed by atoms with Crippen LogP contribution in [0, 0.1) is 17.6 Å². The molecular weight excluding hydrogens is 418 g/mol. The Morgan fingerprint density at radius 2 is 1.88 bits per heavy atom. The maximum absolute atomic E-state index is 13.4. The van der Waals surface area contributed by atoms with Gasteiger partial charge in [-0.2, -0.15) is 0 Å². The van der Waals surface area contributed by atoms with Crippen LogP contribution in [0.3, 0.4) is 0 Å². The van der Waals surface area contributed by atoms with Gasteiger partial charge in [0.1, 0.15) is 11.6 Å². The Morgan fingerprint density at radius 1 is 1.19 bits per heavy atom. The number of benzene rings is 1. The molecule has 2 heterocycles. The van der Waals surface area contributed by atoms with Crippen molar-refractivity contribution in [2.45, 2.75) is 45.6 Å². The fourth-order valence-electron chi connectivity index (χ4n) is 3.77. The third-order valence-corrected chi connectivity index (χ3v) is 5.38. The fraction of sp³-hybridized carbons (Fsp3) is 0.391. The molecule has 1 aliphatic carbocycles. The molecule has 32 heavy (non-hydrogen) atoms. The van der Waals surface area contributed by atoms with Crippen molar-refractivity contribution in [3.63, 3.8) is 0 Å². The van der Waals surface area contributed by atoms with Crippen molar-refractivity contribution in [3.8, 4) is 0 Å². The van der Waals surface area contributed by atoms with Crippen molar-refractivity contribution in [3.05, 3.63) is 73.6 Å². The van der Waals surface area contributed by atoms with Crippen LogP contribution in [0.2, 0.25) is 0 Å². The van der Waals surface area contributed by atoms with Crippen LogP contribution in [0.1, 0.15) is 54.2 Å². The first kappa shape index (κ1) is 21.9. The number of rotatable bonds is 7. The first-order valence-electron chi connectivity index (χ1n) is 10.6. The number of carbonyl (C=O) groups is 1. The van der Waals surface area contributed by atoms with Gasteiger partial charge in [0.05, 0.1) is 10.9 Å². The van der Waals surface area contributed by atoms with Gasteiger partial charge in [-0.15, -0.1) is 0 Å². The van der Waals surface area contributed by atoms with E-state index in [2.05, 4.69) is 15.3 Å². The molecule has 0 bridgehead atoms. The van der Waals surface area contributed by atoms with Crippen molar-refractivity contribution in [1.29, 1.82) is 0 Å². The van der Waals surface area contributed by atoms with E-state index < -0.39 is 28.8 Å². The highest BCUT2D eigenvalue weighted by Crippen LogP contribution is 2.39. The van der Waals surface area contributed by atoms with E-state index in [0.29, 0.717) is 17.8 Å². The summed E-state index contributed by atoms with van der Waals surface area (Å²) >= 11 is 0. The number of hydrogen-bond donors (Lipinski definition) is 2. The van der Waals surface area contributed by atoms with Gasteiger partial charge in [0.2, 0.25) is 0 Å². The van der Waals surface area contributed by atoms with Gasteiger partial charge in [-0.05, 0) is 48.9 Å². The summed E-state index contributed by atoms with van der Waals surface area (Å²) in [7, 11) is 0. The summed E-state index contributed by atoms with van der Waals surface area (Å²) in [6.07, 6.45) is 2.08. The van der Waals surface area contributed by atoms with E-state index >= 15 is 0 Å². The average Bonchev–Trinajstić information content (AvgIpc) is 3.54. The van der Waals surface area contributed by atoms with Crippen LogP contribution >= 0.6 is 0 Å². The molecule has 1 amide bonds. The molecule has 0 atom stereocenters. The van der Waals surface area contributed by atoms with Gasteiger partial charge in [-0.3, -0.25) is 19.1 Å². The van der Waals surface area contributed by atoms with E-state index in [4.69, 9.17) is 0 Å². The zero-order chi connectivity index (χ0) is 23.0. The molecule has 2 N–H and O–H groups in total. The van der Waals surface area contributed by atoms with E-state index in [1.165, 1.54) is 16.7 Å². The topological polar surface area (TPSA) is 96.9 Å². The number of hydrogen-bond acceptors (Lipinski definition) is 4. The smallest absolute Gasteiger partial charge is 0.330 e. The van der Waals surface area contributed by atoms with Gasteiger partial charge in [0, 0.05) is 30.8 Å². The molecular formula is C23H24F2N4O3. The Kier molecular flexibility index (Phi) is 5.90. The molecule has 0 spiro atoms. The van der Waals surface area contributed by atoms with Crippen LogP contribution < -0.4 is 16.6 Å². The second-order valence-electron chi connectivity index (χ2n) is 8.61. The van der Waals surface area contributed by atoms with Crippen molar-refractivity contribution in [1.82, 2.24) is 19.9 Å². The Bertz CT molecular complexity index is 1290. The zero-order valence-electron chi connectivity index (χ0n) is 17.9. The Labute approximate surface area is 182 Å². The van der Waals surface area contributed by atoms with Crippen LogP contribution in [-0.4, -0.2) is 27.0 Å². The van der Waals surface area contributed by atoms with Crippen molar-refractivity contribution < 1.29 is 13.6 Å². The van der Waals surface area contributed by atoms with Crippen LogP contribution in [0.5, 0.6) is 0 Å². The highest BCUT2D eigenvalue weighted by Gasteiger charge is 2.28. The van der Waals surface area contributed by atoms with E-state index in [-0.39, 0.29) is 41.4 Å². The van der Waals surface area contributed by atoms with Gasteiger partial charge < -0.3 is 5.32 Å². The Hall–Kier alpha value is -3.36. The lowest BCUT2D eigenvalue weighted by atomic mass is 10.1. The van der Waals surface area contributed by atoms with Crippen LogP contribution in [-0.2, 0) is 13.0 Å². The molecule has 1 aliphatic rings. The van der Waals surface area contributed by atoms with Crippen molar-refractivity contribution >= 4 is 16.9 Å². The minimum absolute atomic E-state index is 0.0592. The van der Waals surface area contributed by atoms with Crippen LogP contribution in [0.25, 0.3) is 11.0 Å².